The quantitative estimate of drug-likeness (QED) is 0.236. The molecule has 1 fully saturated rings. The standard InChI is InChI=1S/C18H26Br2N4O6S/c1-31(28,29)17-13-15(24(26)27)14(12-16(17)23(5-2-19)6-3-20)18(25)21-4-7-22-8-10-30-11-9-22/h12-13H,2-11H2,1H3,(H,21,25). The minimum atomic E-state index is -3.77. The van der Waals surface area contributed by atoms with Gasteiger partial charge in [0.25, 0.3) is 11.6 Å². The van der Waals surface area contributed by atoms with Crippen LogP contribution < -0.4 is 10.2 Å². The molecule has 0 aromatic heterocycles. The summed E-state index contributed by atoms with van der Waals surface area (Å²) in [4.78, 5) is 27.5. The normalized spacial score (nSPS) is 14.9. The van der Waals surface area contributed by atoms with E-state index in [0.29, 0.717) is 50.1 Å². The summed E-state index contributed by atoms with van der Waals surface area (Å²) in [5.41, 5.74) is -0.431. The minimum Gasteiger partial charge on any atom is -0.379 e. The molecule has 10 nitrogen and oxygen atoms in total. The molecule has 31 heavy (non-hydrogen) atoms. The second-order valence-corrected chi connectivity index (χ2v) is 10.5. The number of sulfone groups is 1. The van der Waals surface area contributed by atoms with Crippen LogP contribution in [0.3, 0.4) is 0 Å². The average molecular weight is 586 g/mol. The Hall–Kier alpha value is -1.28. The molecular formula is C18H26Br2N4O6S. The lowest BCUT2D eigenvalue weighted by Crippen LogP contribution is -2.41. The third-order valence-electron chi connectivity index (χ3n) is 4.78. The number of halogens is 2. The summed E-state index contributed by atoms with van der Waals surface area (Å²) < 4.78 is 30.0. The van der Waals surface area contributed by atoms with Gasteiger partial charge < -0.3 is 15.0 Å². The predicted molar refractivity (Wildman–Crippen MR) is 126 cm³/mol. The molecule has 1 saturated heterocycles. The third kappa shape index (κ3) is 7.38. The number of rotatable bonds is 11. The molecule has 1 aliphatic rings. The number of ether oxygens (including phenoxy) is 1. The molecule has 174 valence electrons. The van der Waals surface area contributed by atoms with Gasteiger partial charge in [-0.15, -0.1) is 0 Å². The Morgan fingerprint density at radius 3 is 2.39 bits per heavy atom. The van der Waals surface area contributed by atoms with Crippen molar-refractivity contribution in [2.45, 2.75) is 4.90 Å². The summed E-state index contributed by atoms with van der Waals surface area (Å²) in [6, 6.07) is 2.29. The van der Waals surface area contributed by atoms with Crippen molar-refractivity contribution in [3.8, 4) is 0 Å². The highest BCUT2D eigenvalue weighted by Crippen LogP contribution is 2.33. The first-order valence-electron chi connectivity index (χ1n) is 9.66. The number of amides is 1. The van der Waals surface area contributed by atoms with Crippen LogP contribution in [0.4, 0.5) is 11.4 Å². The summed E-state index contributed by atoms with van der Waals surface area (Å²) >= 11 is 6.68. The highest BCUT2D eigenvalue weighted by Gasteiger charge is 2.28. The molecule has 1 N–H and O–H groups in total. The number of benzene rings is 1. The van der Waals surface area contributed by atoms with E-state index in [4.69, 9.17) is 4.74 Å². The number of morpholine rings is 1. The molecule has 1 aromatic carbocycles. The lowest BCUT2D eigenvalue weighted by atomic mass is 10.1. The number of carbonyl (C=O) groups is 1. The topological polar surface area (TPSA) is 122 Å². The number of hydrogen-bond acceptors (Lipinski definition) is 8. The highest BCUT2D eigenvalue weighted by atomic mass is 79.9. The molecule has 0 unspecified atom stereocenters. The van der Waals surface area contributed by atoms with Crippen molar-refractivity contribution >= 4 is 59.0 Å². The molecule has 0 saturated carbocycles. The first-order valence-corrected chi connectivity index (χ1v) is 13.8. The van der Waals surface area contributed by atoms with Crippen LogP contribution in [0.5, 0.6) is 0 Å². The van der Waals surface area contributed by atoms with Gasteiger partial charge in [0, 0.05) is 62.3 Å². The van der Waals surface area contributed by atoms with E-state index in [0.717, 1.165) is 25.4 Å². The van der Waals surface area contributed by atoms with E-state index in [9.17, 15) is 23.3 Å². The van der Waals surface area contributed by atoms with Crippen LogP contribution in [0.15, 0.2) is 17.0 Å². The van der Waals surface area contributed by atoms with Crippen LogP contribution in [-0.4, -0.2) is 93.5 Å². The van der Waals surface area contributed by atoms with Crippen LogP contribution >= 0.6 is 31.9 Å². The van der Waals surface area contributed by atoms with Crippen molar-refractivity contribution in [2.75, 3.05) is 74.3 Å². The largest absolute Gasteiger partial charge is 0.379 e. The van der Waals surface area contributed by atoms with Crippen LogP contribution in [0, 0.1) is 10.1 Å². The van der Waals surface area contributed by atoms with E-state index in [2.05, 4.69) is 42.1 Å². The zero-order valence-corrected chi connectivity index (χ0v) is 21.2. The van der Waals surface area contributed by atoms with E-state index in [-0.39, 0.29) is 16.1 Å². The Kier molecular flexibility index (Phi) is 10.1. The average Bonchev–Trinajstić information content (AvgIpc) is 2.72. The van der Waals surface area contributed by atoms with Crippen molar-refractivity contribution < 1.29 is 22.9 Å². The number of nitro groups is 1. The number of nitrogens with one attached hydrogen (secondary N) is 1. The number of nitrogens with zero attached hydrogens (tertiary/aromatic N) is 3. The van der Waals surface area contributed by atoms with E-state index in [1.54, 1.807) is 4.90 Å². The van der Waals surface area contributed by atoms with Crippen LogP contribution in [-0.2, 0) is 14.6 Å². The van der Waals surface area contributed by atoms with E-state index < -0.39 is 26.4 Å². The Bertz CT molecular complexity index is 887. The number of anilines is 1. The van der Waals surface area contributed by atoms with Crippen LogP contribution in [0.2, 0.25) is 0 Å². The second-order valence-electron chi connectivity index (χ2n) is 6.94. The molecule has 1 aliphatic heterocycles. The van der Waals surface area contributed by atoms with Gasteiger partial charge >= 0.3 is 0 Å². The summed E-state index contributed by atoms with van der Waals surface area (Å²) in [5, 5.41) is 15.5. The van der Waals surface area contributed by atoms with E-state index in [1.807, 2.05) is 0 Å². The number of hydrogen-bond donors (Lipinski definition) is 1. The van der Waals surface area contributed by atoms with Crippen LogP contribution in [0.1, 0.15) is 10.4 Å². The van der Waals surface area contributed by atoms with Gasteiger partial charge in [0.2, 0.25) is 0 Å². The third-order valence-corrected chi connectivity index (χ3v) is 6.62. The molecule has 0 atom stereocenters. The van der Waals surface area contributed by atoms with E-state index >= 15 is 0 Å². The summed E-state index contributed by atoms with van der Waals surface area (Å²) in [6.07, 6.45) is 0.998. The molecule has 1 amide bonds. The Morgan fingerprint density at radius 2 is 1.87 bits per heavy atom. The van der Waals surface area contributed by atoms with Crippen LogP contribution in [0.25, 0.3) is 0 Å². The maximum absolute atomic E-state index is 12.8. The van der Waals surface area contributed by atoms with Crippen molar-refractivity contribution in [3.63, 3.8) is 0 Å². The van der Waals surface area contributed by atoms with Gasteiger partial charge in [0.05, 0.1) is 28.7 Å². The highest BCUT2D eigenvalue weighted by molar-refractivity contribution is 9.09. The number of nitro benzene ring substituents is 1. The maximum Gasteiger partial charge on any atom is 0.283 e. The monoisotopic (exact) mass is 584 g/mol. The molecule has 13 heteroatoms. The number of alkyl halides is 2. The van der Waals surface area contributed by atoms with Crippen molar-refractivity contribution in [1.82, 2.24) is 10.2 Å². The Morgan fingerprint density at radius 1 is 1.26 bits per heavy atom. The molecular weight excluding hydrogens is 560 g/mol. The summed E-state index contributed by atoms with van der Waals surface area (Å²) in [7, 11) is -3.77. The lowest BCUT2D eigenvalue weighted by Gasteiger charge is -2.27. The molecule has 0 bridgehead atoms. The molecule has 2 rings (SSSR count). The van der Waals surface area contributed by atoms with Crippen molar-refractivity contribution in [3.05, 3.63) is 27.8 Å². The zero-order chi connectivity index (χ0) is 23.0. The Balaban J connectivity index is 2.38. The van der Waals surface area contributed by atoms with Gasteiger partial charge in [0.15, 0.2) is 9.84 Å². The van der Waals surface area contributed by atoms with E-state index in [1.165, 1.54) is 6.07 Å². The van der Waals surface area contributed by atoms with Crippen molar-refractivity contribution in [2.24, 2.45) is 0 Å². The molecule has 0 aliphatic carbocycles. The van der Waals surface area contributed by atoms with Gasteiger partial charge in [-0.05, 0) is 6.07 Å². The molecule has 1 aromatic rings. The second kappa shape index (κ2) is 12.1. The number of carbonyl (C=O) groups excluding carboxylic acids is 1. The van der Waals surface area contributed by atoms with Gasteiger partial charge in [-0.25, -0.2) is 8.42 Å². The first kappa shape index (κ1) is 26.0. The SMILES string of the molecule is CS(=O)(=O)c1cc([N+](=O)[O-])c(C(=O)NCCN2CCOCC2)cc1N(CCBr)CCBr. The first-order chi connectivity index (χ1) is 14.7. The zero-order valence-electron chi connectivity index (χ0n) is 17.2. The smallest absolute Gasteiger partial charge is 0.283 e. The fourth-order valence-electron chi connectivity index (χ4n) is 3.24. The van der Waals surface area contributed by atoms with Gasteiger partial charge in [-0.3, -0.25) is 19.8 Å². The van der Waals surface area contributed by atoms with Gasteiger partial charge in [-0.2, -0.15) is 0 Å². The maximum atomic E-state index is 12.8. The molecule has 0 spiro atoms. The van der Waals surface area contributed by atoms with Crippen molar-refractivity contribution in [1.29, 1.82) is 0 Å². The predicted octanol–water partition coefficient (Wildman–Crippen LogP) is 1.66. The summed E-state index contributed by atoms with van der Waals surface area (Å²) in [5.74, 6) is -0.612. The summed E-state index contributed by atoms with van der Waals surface area (Å²) in [6.45, 7) is 4.62. The van der Waals surface area contributed by atoms with Gasteiger partial charge in [0.1, 0.15) is 5.56 Å². The lowest BCUT2D eigenvalue weighted by molar-refractivity contribution is -0.385. The fraction of sp³-hybridized carbons (Fsp3) is 0.611. The van der Waals surface area contributed by atoms with Gasteiger partial charge in [-0.1, -0.05) is 31.9 Å². The fourth-order valence-corrected chi connectivity index (χ4v) is 4.99. The molecule has 0 radical (unpaired) electrons. The molecule has 1 heterocycles. The Labute approximate surface area is 198 Å². The minimum absolute atomic E-state index is 0.163.